The standard InChI is InChI=1S/C39H34N4O2/c1-28(41-36-19-9-8-12-31(36)27-44)26-35(39(45)42-37-20-10-13-30-14-11-25-40-38(30)37)29-21-23-34(24-22-29)43(32-15-4-2-5-16-32)33-17-6-3-7-18-33/h2-25,27-28,35,41H,26H2,1H3,(H,42,45). The third kappa shape index (κ3) is 6.76. The molecule has 1 aromatic heterocycles. The molecule has 6 aromatic rings. The van der Waals surface area contributed by atoms with E-state index in [1.54, 1.807) is 12.3 Å². The quantitative estimate of drug-likeness (QED) is 0.147. The monoisotopic (exact) mass is 590 g/mol. The number of nitrogens with one attached hydrogen (secondary N) is 2. The number of pyridine rings is 1. The number of aromatic nitrogens is 1. The number of rotatable bonds is 11. The Bertz CT molecular complexity index is 1850. The first-order valence-corrected chi connectivity index (χ1v) is 15.1. The molecule has 5 aromatic carbocycles. The Labute approximate surface area is 263 Å². The highest BCUT2D eigenvalue weighted by Crippen LogP contribution is 2.36. The van der Waals surface area contributed by atoms with Crippen LogP contribution >= 0.6 is 0 Å². The van der Waals surface area contributed by atoms with Crippen LogP contribution in [0.2, 0.25) is 0 Å². The SMILES string of the molecule is CC(CC(C(=O)Nc1cccc2cccnc12)c1ccc(N(c2ccccc2)c2ccccc2)cc1)Nc1ccccc1C=O. The van der Waals surface area contributed by atoms with Crippen molar-refractivity contribution in [3.63, 3.8) is 0 Å². The van der Waals surface area contributed by atoms with E-state index in [1.807, 2.05) is 104 Å². The van der Waals surface area contributed by atoms with Crippen molar-refractivity contribution in [3.8, 4) is 0 Å². The van der Waals surface area contributed by atoms with Gasteiger partial charge in [-0.05, 0) is 79.6 Å². The maximum Gasteiger partial charge on any atom is 0.232 e. The van der Waals surface area contributed by atoms with Gasteiger partial charge in [0, 0.05) is 45.9 Å². The molecule has 45 heavy (non-hydrogen) atoms. The molecule has 0 saturated heterocycles. The number of hydrogen-bond donors (Lipinski definition) is 2. The lowest BCUT2D eigenvalue weighted by atomic mass is 9.91. The van der Waals surface area contributed by atoms with Crippen LogP contribution in [0.15, 0.2) is 146 Å². The van der Waals surface area contributed by atoms with Crippen molar-refractivity contribution in [3.05, 3.63) is 157 Å². The molecule has 1 amide bonds. The van der Waals surface area contributed by atoms with Gasteiger partial charge < -0.3 is 15.5 Å². The molecule has 0 saturated carbocycles. The minimum atomic E-state index is -0.481. The highest BCUT2D eigenvalue weighted by molar-refractivity contribution is 6.02. The molecule has 6 nitrogen and oxygen atoms in total. The number of aldehydes is 1. The highest BCUT2D eigenvalue weighted by Gasteiger charge is 2.25. The van der Waals surface area contributed by atoms with Crippen molar-refractivity contribution in [1.82, 2.24) is 4.98 Å². The molecule has 2 atom stereocenters. The van der Waals surface area contributed by atoms with Gasteiger partial charge in [0.05, 0.1) is 17.1 Å². The summed E-state index contributed by atoms with van der Waals surface area (Å²) >= 11 is 0. The Balaban J connectivity index is 1.33. The molecule has 0 aliphatic rings. The van der Waals surface area contributed by atoms with Crippen LogP contribution < -0.4 is 15.5 Å². The van der Waals surface area contributed by atoms with E-state index in [1.165, 1.54) is 0 Å². The summed E-state index contributed by atoms with van der Waals surface area (Å²) in [5, 5.41) is 7.58. The summed E-state index contributed by atoms with van der Waals surface area (Å²) in [6.45, 7) is 2.03. The van der Waals surface area contributed by atoms with Crippen LogP contribution in [-0.2, 0) is 4.79 Å². The number of fused-ring (bicyclic) bond motifs is 1. The molecule has 2 unspecified atom stereocenters. The van der Waals surface area contributed by atoms with E-state index in [0.29, 0.717) is 17.7 Å². The lowest BCUT2D eigenvalue weighted by Gasteiger charge is -2.27. The molecule has 0 fully saturated rings. The second-order valence-corrected chi connectivity index (χ2v) is 11.0. The largest absolute Gasteiger partial charge is 0.382 e. The Hall–Kier alpha value is -5.75. The first-order chi connectivity index (χ1) is 22.1. The zero-order valence-corrected chi connectivity index (χ0v) is 25.0. The lowest BCUT2D eigenvalue weighted by Crippen LogP contribution is -2.27. The average molecular weight is 591 g/mol. The summed E-state index contributed by atoms with van der Waals surface area (Å²) in [6, 6.07) is 45.6. The number of anilines is 5. The second kappa shape index (κ2) is 13.7. The van der Waals surface area contributed by atoms with Crippen LogP contribution in [0.4, 0.5) is 28.4 Å². The fraction of sp³-hybridized carbons (Fsp3) is 0.103. The van der Waals surface area contributed by atoms with E-state index in [4.69, 9.17) is 0 Å². The van der Waals surface area contributed by atoms with Gasteiger partial charge in [0.2, 0.25) is 5.91 Å². The third-order valence-electron chi connectivity index (χ3n) is 7.87. The van der Waals surface area contributed by atoms with Crippen LogP contribution in [0.25, 0.3) is 10.9 Å². The van der Waals surface area contributed by atoms with Crippen molar-refractivity contribution in [2.45, 2.75) is 25.3 Å². The smallest absolute Gasteiger partial charge is 0.232 e. The second-order valence-electron chi connectivity index (χ2n) is 11.0. The van der Waals surface area contributed by atoms with E-state index in [0.717, 1.165) is 45.5 Å². The minimum absolute atomic E-state index is 0.114. The molecular weight excluding hydrogens is 556 g/mol. The first kappa shape index (κ1) is 29.3. The fourth-order valence-corrected chi connectivity index (χ4v) is 5.69. The Morgan fingerprint density at radius 3 is 2.00 bits per heavy atom. The van der Waals surface area contributed by atoms with Crippen molar-refractivity contribution in [2.24, 2.45) is 0 Å². The molecular formula is C39H34N4O2. The topological polar surface area (TPSA) is 74.3 Å². The third-order valence-corrected chi connectivity index (χ3v) is 7.87. The number of hydrogen-bond acceptors (Lipinski definition) is 5. The van der Waals surface area contributed by atoms with E-state index in [9.17, 15) is 9.59 Å². The van der Waals surface area contributed by atoms with Crippen LogP contribution in [0.3, 0.4) is 0 Å². The van der Waals surface area contributed by atoms with Crippen LogP contribution in [0, 0.1) is 0 Å². The molecule has 0 aliphatic heterocycles. The number of carbonyl (C=O) groups excluding carboxylic acids is 2. The van der Waals surface area contributed by atoms with Gasteiger partial charge in [-0.3, -0.25) is 14.6 Å². The van der Waals surface area contributed by atoms with Crippen molar-refractivity contribution in [2.75, 3.05) is 15.5 Å². The molecule has 6 rings (SSSR count). The molecule has 1 heterocycles. The summed E-state index contributed by atoms with van der Waals surface area (Å²) < 4.78 is 0. The molecule has 0 radical (unpaired) electrons. The molecule has 0 spiro atoms. The van der Waals surface area contributed by atoms with Gasteiger partial charge in [-0.2, -0.15) is 0 Å². The summed E-state index contributed by atoms with van der Waals surface area (Å²) in [6.07, 6.45) is 3.07. The number of benzene rings is 5. The van der Waals surface area contributed by atoms with Crippen LogP contribution in [0.5, 0.6) is 0 Å². The number of nitrogens with zero attached hydrogens (tertiary/aromatic N) is 2. The van der Waals surface area contributed by atoms with Crippen molar-refractivity contribution < 1.29 is 9.59 Å². The van der Waals surface area contributed by atoms with E-state index >= 15 is 0 Å². The van der Waals surface area contributed by atoms with Crippen molar-refractivity contribution >= 4 is 51.5 Å². The van der Waals surface area contributed by atoms with E-state index in [2.05, 4.69) is 56.9 Å². The van der Waals surface area contributed by atoms with Gasteiger partial charge in [0.1, 0.15) is 0 Å². The van der Waals surface area contributed by atoms with Gasteiger partial charge >= 0.3 is 0 Å². The fourth-order valence-electron chi connectivity index (χ4n) is 5.69. The molecule has 0 bridgehead atoms. The predicted octanol–water partition coefficient (Wildman–Crippen LogP) is 9.13. The zero-order chi connectivity index (χ0) is 31.0. The minimum Gasteiger partial charge on any atom is -0.382 e. The number of carbonyl (C=O) groups is 2. The van der Waals surface area contributed by atoms with E-state index in [-0.39, 0.29) is 11.9 Å². The Morgan fingerprint density at radius 2 is 1.31 bits per heavy atom. The highest BCUT2D eigenvalue weighted by atomic mass is 16.1. The van der Waals surface area contributed by atoms with Gasteiger partial charge in [-0.25, -0.2) is 0 Å². The van der Waals surface area contributed by atoms with Crippen LogP contribution in [-0.4, -0.2) is 23.2 Å². The summed E-state index contributed by atoms with van der Waals surface area (Å²) in [4.78, 5) is 32.5. The van der Waals surface area contributed by atoms with Gasteiger partial charge in [-0.1, -0.05) is 78.9 Å². The van der Waals surface area contributed by atoms with Crippen molar-refractivity contribution in [1.29, 1.82) is 0 Å². The normalized spacial score (nSPS) is 12.2. The maximum atomic E-state index is 14.1. The first-order valence-electron chi connectivity index (χ1n) is 15.1. The number of amides is 1. The van der Waals surface area contributed by atoms with Gasteiger partial charge in [0.25, 0.3) is 0 Å². The van der Waals surface area contributed by atoms with E-state index < -0.39 is 5.92 Å². The summed E-state index contributed by atoms with van der Waals surface area (Å²) in [5.41, 5.74) is 6.71. The maximum absolute atomic E-state index is 14.1. The summed E-state index contributed by atoms with van der Waals surface area (Å²) in [5.74, 6) is -0.605. The average Bonchev–Trinajstić information content (AvgIpc) is 3.09. The van der Waals surface area contributed by atoms with Gasteiger partial charge in [0.15, 0.2) is 6.29 Å². The van der Waals surface area contributed by atoms with Gasteiger partial charge in [-0.15, -0.1) is 0 Å². The zero-order valence-electron chi connectivity index (χ0n) is 25.0. The summed E-state index contributed by atoms with van der Waals surface area (Å²) in [7, 11) is 0. The Morgan fingerprint density at radius 1 is 0.711 bits per heavy atom. The Kier molecular flexibility index (Phi) is 8.93. The van der Waals surface area contributed by atoms with Crippen LogP contribution in [0.1, 0.15) is 35.2 Å². The lowest BCUT2D eigenvalue weighted by molar-refractivity contribution is -0.117. The molecule has 0 aliphatic carbocycles. The predicted molar refractivity (Wildman–Crippen MR) is 184 cm³/mol. The molecule has 222 valence electrons. The molecule has 2 N–H and O–H groups in total. The molecule has 6 heteroatoms. The number of para-hydroxylation sites is 4.